The molecule has 4 atom stereocenters. The number of nitrogens with zero attached hydrogens (tertiary/aromatic N) is 1. The minimum atomic E-state index is -1.28. The van der Waals surface area contributed by atoms with E-state index in [4.69, 9.17) is 5.73 Å². The lowest BCUT2D eigenvalue weighted by molar-refractivity contribution is -0.143. The summed E-state index contributed by atoms with van der Waals surface area (Å²) in [6.45, 7) is 3.53. The molecule has 2 heterocycles. The molecule has 272 valence electrons. The Morgan fingerprint density at radius 3 is 2.37 bits per heavy atom. The summed E-state index contributed by atoms with van der Waals surface area (Å²) in [6.07, 6.45) is 8.78. The highest BCUT2D eigenvalue weighted by atomic mass is 16.4. The van der Waals surface area contributed by atoms with Crippen molar-refractivity contribution in [2.75, 3.05) is 13.1 Å². The van der Waals surface area contributed by atoms with Gasteiger partial charge in [-0.25, -0.2) is 0 Å². The molecule has 51 heavy (non-hydrogen) atoms. The van der Waals surface area contributed by atoms with Crippen LogP contribution in [0.3, 0.4) is 0 Å². The molecule has 1 saturated carbocycles. The molecule has 5 rings (SSSR count). The zero-order valence-electron chi connectivity index (χ0n) is 29.1. The highest BCUT2D eigenvalue weighted by Gasteiger charge is 2.44. The Kier molecular flexibility index (Phi) is 12.3. The monoisotopic (exact) mass is 699 g/mol. The Labute approximate surface area is 297 Å². The number of hydrogen-bond donors (Lipinski definition) is 6. The number of nitrogens with two attached hydrogens (primary N) is 1. The van der Waals surface area contributed by atoms with E-state index in [9.17, 15) is 34.2 Å². The maximum atomic E-state index is 14.3. The second-order valence-electron chi connectivity index (χ2n) is 14.2. The van der Waals surface area contributed by atoms with Crippen LogP contribution in [0.4, 0.5) is 0 Å². The van der Waals surface area contributed by atoms with Gasteiger partial charge >= 0.3 is 11.9 Å². The van der Waals surface area contributed by atoms with Crippen LogP contribution >= 0.6 is 0 Å². The van der Waals surface area contributed by atoms with Gasteiger partial charge in [-0.05, 0) is 66.8 Å². The van der Waals surface area contributed by atoms with Crippen molar-refractivity contribution in [3.8, 4) is 0 Å². The Hall–Kier alpha value is -4.97. The van der Waals surface area contributed by atoms with Crippen LogP contribution in [0.1, 0.15) is 74.0 Å². The standard InChI is InChI=1S/C39H49N5O7/c1-25-8-13-33-29(18-25)14-17-44(33)24-27-6-5-7-31(28-11-9-26(10-12-28)19-35(46)47)32(21-36(48)49)37(50)43-39(15-3-2-4-16-39)38(51)42-30(20-34(40)45)23-41-22-27/h5,7-14,17-18,27,30-32,41H,2-4,6,15-16,19-24H2,1H3,(H2,40,45)(H,42,51)(H,43,50)(H,46,47)(H,48,49)/b7-5+/t27-,30+,31-,32+/m1/s1. The van der Waals surface area contributed by atoms with Gasteiger partial charge in [-0.3, -0.25) is 24.0 Å². The largest absolute Gasteiger partial charge is 0.481 e. The molecular formula is C39H49N5O7. The molecule has 12 nitrogen and oxygen atoms in total. The van der Waals surface area contributed by atoms with Gasteiger partial charge in [-0.1, -0.05) is 67.3 Å². The fraction of sp³-hybridized carbons (Fsp3) is 0.462. The van der Waals surface area contributed by atoms with Gasteiger partial charge in [-0.2, -0.15) is 0 Å². The van der Waals surface area contributed by atoms with Crippen LogP contribution in [0.5, 0.6) is 0 Å². The number of nitrogens with one attached hydrogen (secondary N) is 3. The van der Waals surface area contributed by atoms with E-state index < -0.39 is 59.5 Å². The topological polar surface area (TPSA) is 193 Å². The number of aliphatic carboxylic acids is 2. The average molecular weight is 700 g/mol. The normalized spacial score (nSPS) is 23.8. The number of carbonyl (C=O) groups is 5. The Balaban J connectivity index is 1.54. The second kappa shape index (κ2) is 16.8. The number of amides is 3. The van der Waals surface area contributed by atoms with Gasteiger partial charge in [0.25, 0.3) is 0 Å². The van der Waals surface area contributed by atoms with Crippen LogP contribution in [0.15, 0.2) is 66.9 Å². The molecule has 1 aromatic heterocycles. The van der Waals surface area contributed by atoms with E-state index in [1.807, 2.05) is 12.2 Å². The highest BCUT2D eigenvalue weighted by Crippen LogP contribution is 2.34. The van der Waals surface area contributed by atoms with Crippen molar-refractivity contribution in [1.82, 2.24) is 20.5 Å². The predicted octanol–water partition coefficient (Wildman–Crippen LogP) is 3.80. The van der Waals surface area contributed by atoms with Gasteiger partial charge in [0.15, 0.2) is 0 Å². The van der Waals surface area contributed by atoms with Crippen LogP contribution in [0.25, 0.3) is 10.9 Å². The van der Waals surface area contributed by atoms with Crippen LogP contribution in [0.2, 0.25) is 0 Å². The quantitative estimate of drug-likeness (QED) is 0.182. The summed E-state index contributed by atoms with van der Waals surface area (Å²) in [5.74, 6) is -5.38. The summed E-state index contributed by atoms with van der Waals surface area (Å²) in [5, 5.41) is 30.0. The summed E-state index contributed by atoms with van der Waals surface area (Å²) < 4.78 is 2.19. The SMILES string of the molecule is Cc1ccc2c(ccn2C[C@@H]2C/C=C/[C@H](c3ccc(CC(=O)O)cc3)[C@H](CC(=O)O)C(=O)NC3(CCCCC3)C(=O)N[C@@H](CC(N)=O)CNC2)c1. The number of carboxylic acid groups (broad SMARTS) is 2. The highest BCUT2D eigenvalue weighted by molar-refractivity contribution is 5.94. The molecule has 0 bridgehead atoms. The number of primary amides is 1. The first-order valence-electron chi connectivity index (χ1n) is 17.8. The number of allylic oxidation sites excluding steroid dienone is 2. The summed E-state index contributed by atoms with van der Waals surface area (Å²) in [6, 6.07) is 14.6. The van der Waals surface area contributed by atoms with Crippen LogP contribution < -0.4 is 21.7 Å². The molecule has 0 saturated heterocycles. The number of carboxylic acids is 2. The average Bonchev–Trinajstić information content (AvgIpc) is 3.46. The van der Waals surface area contributed by atoms with Crippen molar-refractivity contribution in [3.05, 3.63) is 83.6 Å². The second-order valence-corrected chi connectivity index (χ2v) is 14.2. The molecule has 3 aromatic rings. The van der Waals surface area contributed by atoms with Gasteiger partial charge in [0, 0.05) is 43.7 Å². The van der Waals surface area contributed by atoms with E-state index in [0.717, 1.165) is 17.3 Å². The zero-order chi connectivity index (χ0) is 36.5. The molecule has 2 aliphatic rings. The summed E-state index contributed by atoms with van der Waals surface area (Å²) >= 11 is 0. The molecule has 0 unspecified atom stereocenters. The van der Waals surface area contributed by atoms with Gasteiger partial charge in [0.1, 0.15) is 5.54 Å². The van der Waals surface area contributed by atoms with Gasteiger partial charge < -0.3 is 36.5 Å². The fourth-order valence-corrected chi connectivity index (χ4v) is 7.57. The van der Waals surface area contributed by atoms with E-state index in [-0.39, 0.29) is 25.3 Å². The number of hydrogen-bond acceptors (Lipinski definition) is 6. The predicted molar refractivity (Wildman–Crippen MR) is 193 cm³/mol. The molecule has 2 aromatic carbocycles. The first-order valence-corrected chi connectivity index (χ1v) is 17.8. The number of fused-ring (bicyclic) bond motifs is 1. The van der Waals surface area contributed by atoms with E-state index >= 15 is 0 Å². The zero-order valence-corrected chi connectivity index (χ0v) is 29.1. The van der Waals surface area contributed by atoms with E-state index in [0.29, 0.717) is 56.3 Å². The summed E-state index contributed by atoms with van der Waals surface area (Å²) in [5.41, 5.74) is 7.83. The lowest BCUT2D eigenvalue weighted by atomic mass is 9.78. The number of carbonyl (C=O) groups excluding carboxylic acids is 3. The van der Waals surface area contributed by atoms with Crippen molar-refractivity contribution >= 4 is 40.6 Å². The third kappa shape index (κ3) is 9.84. The van der Waals surface area contributed by atoms with Crippen LogP contribution in [-0.4, -0.2) is 69.1 Å². The first-order chi connectivity index (χ1) is 24.4. The number of aromatic nitrogens is 1. The first kappa shape index (κ1) is 37.3. The smallest absolute Gasteiger partial charge is 0.307 e. The van der Waals surface area contributed by atoms with E-state index in [2.05, 4.69) is 57.9 Å². The van der Waals surface area contributed by atoms with Crippen molar-refractivity contribution < 1.29 is 34.2 Å². The third-order valence-electron chi connectivity index (χ3n) is 10.2. The minimum absolute atomic E-state index is 0.0308. The summed E-state index contributed by atoms with van der Waals surface area (Å²) in [7, 11) is 0. The molecule has 12 heteroatoms. The lowest BCUT2D eigenvalue weighted by Crippen LogP contribution is -2.63. The molecule has 1 aliphatic carbocycles. The lowest BCUT2D eigenvalue weighted by Gasteiger charge is -2.39. The summed E-state index contributed by atoms with van der Waals surface area (Å²) in [4.78, 5) is 64.2. The van der Waals surface area contributed by atoms with E-state index in [1.165, 1.54) is 5.56 Å². The number of benzene rings is 2. The van der Waals surface area contributed by atoms with Crippen molar-refractivity contribution in [2.45, 2.75) is 88.8 Å². The minimum Gasteiger partial charge on any atom is -0.481 e. The van der Waals surface area contributed by atoms with Crippen LogP contribution in [-0.2, 0) is 36.9 Å². The van der Waals surface area contributed by atoms with Crippen LogP contribution in [0, 0.1) is 18.8 Å². The van der Waals surface area contributed by atoms with Crippen molar-refractivity contribution in [2.24, 2.45) is 17.6 Å². The number of aryl methyl sites for hydroxylation is 1. The third-order valence-corrected chi connectivity index (χ3v) is 10.2. The Bertz CT molecular complexity index is 1760. The Morgan fingerprint density at radius 2 is 1.69 bits per heavy atom. The van der Waals surface area contributed by atoms with Crippen molar-refractivity contribution in [3.63, 3.8) is 0 Å². The maximum Gasteiger partial charge on any atom is 0.307 e. The van der Waals surface area contributed by atoms with Crippen molar-refractivity contribution in [1.29, 1.82) is 0 Å². The molecule has 0 radical (unpaired) electrons. The molecule has 1 aliphatic heterocycles. The fourth-order valence-electron chi connectivity index (χ4n) is 7.57. The molecule has 7 N–H and O–H groups in total. The van der Waals surface area contributed by atoms with E-state index in [1.54, 1.807) is 24.3 Å². The number of rotatable bonds is 9. The Morgan fingerprint density at radius 1 is 0.941 bits per heavy atom. The molecule has 1 spiro atoms. The van der Waals surface area contributed by atoms with Gasteiger partial charge in [0.2, 0.25) is 17.7 Å². The molecule has 1 fully saturated rings. The molecular weight excluding hydrogens is 650 g/mol. The molecule has 3 amide bonds. The van der Waals surface area contributed by atoms with Gasteiger partial charge in [-0.15, -0.1) is 0 Å². The van der Waals surface area contributed by atoms with Gasteiger partial charge in [0.05, 0.1) is 24.8 Å². The maximum absolute atomic E-state index is 14.3.